The Morgan fingerprint density at radius 1 is 1.40 bits per heavy atom. The number of fused-ring (bicyclic) bond motifs is 1. The van der Waals surface area contributed by atoms with Crippen LogP contribution in [0.2, 0.25) is 0 Å². The number of hydrogen-bond donors (Lipinski definition) is 2. The first-order chi connectivity index (χ1) is 9.74. The number of thiophene rings is 1. The number of amides is 1. The van der Waals surface area contributed by atoms with Crippen LogP contribution in [0.25, 0.3) is 5.52 Å². The molecule has 1 amide bonds. The Kier molecular flexibility index (Phi) is 3.54. The summed E-state index contributed by atoms with van der Waals surface area (Å²) in [5.74, 6) is -0.178. The molecule has 0 aliphatic rings. The van der Waals surface area contributed by atoms with Gasteiger partial charge < -0.3 is 14.8 Å². The zero-order valence-electron chi connectivity index (χ0n) is 10.7. The molecule has 3 heterocycles. The first-order valence-corrected chi connectivity index (χ1v) is 7.23. The van der Waals surface area contributed by atoms with E-state index in [4.69, 9.17) is 0 Å². The molecule has 0 fully saturated rings. The predicted molar refractivity (Wildman–Crippen MR) is 79.0 cm³/mol. The number of hydrogen-bond acceptors (Lipinski definition) is 3. The van der Waals surface area contributed by atoms with Crippen LogP contribution >= 0.6 is 11.3 Å². The van der Waals surface area contributed by atoms with E-state index >= 15 is 0 Å². The average molecular weight is 286 g/mol. The van der Waals surface area contributed by atoms with E-state index in [0.717, 1.165) is 11.1 Å². The average Bonchev–Trinajstić information content (AvgIpc) is 3.12. The van der Waals surface area contributed by atoms with E-state index in [1.165, 1.54) is 11.3 Å². The maximum absolute atomic E-state index is 12.1. The lowest BCUT2D eigenvalue weighted by atomic mass is 10.2. The first kappa shape index (κ1) is 12.9. The molecule has 0 radical (unpaired) electrons. The van der Waals surface area contributed by atoms with Gasteiger partial charge in [0.1, 0.15) is 0 Å². The Bertz CT molecular complexity index is 685. The monoisotopic (exact) mass is 286 g/mol. The number of carbonyl (C=O) groups excluding carboxylic acids is 1. The molecule has 3 aromatic rings. The van der Waals surface area contributed by atoms with E-state index in [9.17, 15) is 9.90 Å². The van der Waals surface area contributed by atoms with E-state index in [1.807, 2.05) is 51.7 Å². The number of nitrogens with zero attached hydrogens (tertiary/aromatic N) is 1. The standard InChI is InChI=1S/C15H14N2O2S/c18-14(11-4-6-20-10-11)8-16-15(19)12-7-13-3-1-2-5-17(13)9-12/h1-7,9-10,14,18H,8H2,(H,16,19)/t14-/m1/s1. The summed E-state index contributed by atoms with van der Waals surface area (Å²) < 4.78 is 1.89. The number of carbonyl (C=O) groups is 1. The van der Waals surface area contributed by atoms with Crippen LogP contribution < -0.4 is 5.32 Å². The van der Waals surface area contributed by atoms with Gasteiger partial charge in [-0.1, -0.05) is 6.07 Å². The molecule has 0 aliphatic carbocycles. The van der Waals surface area contributed by atoms with Crippen LogP contribution in [-0.2, 0) is 0 Å². The Morgan fingerprint density at radius 2 is 2.30 bits per heavy atom. The van der Waals surface area contributed by atoms with Gasteiger partial charge in [0, 0.05) is 24.5 Å². The summed E-state index contributed by atoms with van der Waals surface area (Å²) in [6.07, 6.45) is 3.01. The highest BCUT2D eigenvalue weighted by Crippen LogP contribution is 2.15. The largest absolute Gasteiger partial charge is 0.387 e. The summed E-state index contributed by atoms with van der Waals surface area (Å²) in [7, 11) is 0. The highest BCUT2D eigenvalue weighted by molar-refractivity contribution is 7.07. The summed E-state index contributed by atoms with van der Waals surface area (Å²) in [5.41, 5.74) is 2.39. The van der Waals surface area contributed by atoms with E-state index < -0.39 is 6.10 Å². The van der Waals surface area contributed by atoms with E-state index in [1.54, 1.807) is 6.20 Å². The van der Waals surface area contributed by atoms with Crippen molar-refractivity contribution in [2.45, 2.75) is 6.10 Å². The third-order valence-corrected chi connectivity index (χ3v) is 3.85. The van der Waals surface area contributed by atoms with Crippen molar-refractivity contribution in [3.63, 3.8) is 0 Å². The Morgan fingerprint density at radius 3 is 3.05 bits per heavy atom. The van der Waals surface area contributed by atoms with E-state index in [0.29, 0.717) is 5.56 Å². The molecule has 1 atom stereocenters. The third-order valence-electron chi connectivity index (χ3n) is 3.15. The molecule has 20 heavy (non-hydrogen) atoms. The van der Waals surface area contributed by atoms with Gasteiger partial charge >= 0.3 is 0 Å². The number of rotatable bonds is 4. The van der Waals surface area contributed by atoms with Crippen LogP contribution in [0.1, 0.15) is 22.0 Å². The fourth-order valence-electron chi connectivity index (χ4n) is 2.05. The molecular formula is C15H14N2O2S. The smallest absolute Gasteiger partial charge is 0.252 e. The zero-order valence-corrected chi connectivity index (χ0v) is 11.5. The Hall–Kier alpha value is -2.11. The lowest BCUT2D eigenvalue weighted by Crippen LogP contribution is -2.27. The predicted octanol–water partition coefficient (Wildman–Crippen LogP) is 2.46. The molecule has 0 spiro atoms. The van der Waals surface area contributed by atoms with Crippen LogP contribution in [0.15, 0.2) is 53.5 Å². The van der Waals surface area contributed by atoms with Gasteiger partial charge in [0.25, 0.3) is 5.91 Å². The van der Waals surface area contributed by atoms with Crippen LogP contribution in [0.5, 0.6) is 0 Å². The summed E-state index contributed by atoms with van der Waals surface area (Å²) in [5, 5.41) is 16.5. The minimum atomic E-state index is -0.665. The lowest BCUT2D eigenvalue weighted by molar-refractivity contribution is 0.0916. The summed E-state index contributed by atoms with van der Waals surface area (Å²) in [6, 6.07) is 9.46. The molecule has 0 bridgehead atoms. The van der Waals surface area contributed by atoms with Gasteiger partial charge in [0.05, 0.1) is 11.7 Å². The zero-order chi connectivity index (χ0) is 13.9. The summed E-state index contributed by atoms with van der Waals surface area (Å²) >= 11 is 1.53. The second kappa shape index (κ2) is 5.48. The van der Waals surface area contributed by atoms with Gasteiger partial charge in [-0.15, -0.1) is 0 Å². The molecule has 0 aromatic carbocycles. The van der Waals surface area contributed by atoms with E-state index in [2.05, 4.69) is 5.32 Å². The van der Waals surface area contributed by atoms with Crippen molar-refractivity contribution >= 4 is 22.8 Å². The van der Waals surface area contributed by atoms with Crippen molar-refractivity contribution in [3.05, 3.63) is 64.6 Å². The maximum atomic E-state index is 12.1. The van der Waals surface area contributed by atoms with Crippen molar-refractivity contribution in [1.29, 1.82) is 0 Å². The van der Waals surface area contributed by atoms with Crippen LogP contribution in [0, 0.1) is 0 Å². The van der Waals surface area contributed by atoms with Gasteiger partial charge in [-0.3, -0.25) is 4.79 Å². The minimum Gasteiger partial charge on any atom is -0.387 e. The quantitative estimate of drug-likeness (QED) is 0.774. The number of aromatic nitrogens is 1. The highest BCUT2D eigenvalue weighted by Gasteiger charge is 2.12. The molecule has 2 N–H and O–H groups in total. The second-order valence-electron chi connectivity index (χ2n) is 4.54. The SMILES string of the molecule is O=C(NC[C@@H](O)c1ccsc1)c1cc2ccccn2c1. The molecule has 0 saturated carbocycles. The third kappa shape index (κ3) is 2.59. The number of aliphatic hydroxyl groups is 1. The van der Waals surface area contributed by atoms with Crippen LogP contribution in [-0.4, -0.2) is 22.0 Å². The maximum Gasteiger partial charge on any atom is 0.252 e. The number of pyridine rings is 1. The molecule has 0 saturated heterocycles. The van der Waals surface area contributed by atoms with Gasteiger partial charge in [-0.2, -0.15) is 11.3 Å². The van der Waals surface area contributed by atoms with Gasteiger partial charge in [-0.05, 0) is 40.6 Å². The van der Waals surface area contributed by atoms with Crippen molar-refractivity contribution in [3.8, 4) is 0 Å². The Labute approximate surface area is 120 Å². The van der Waals surface area contributed by atoms with Crippen molar-refractivity contribution in [1.82, 2.24) is 9.72 Å². The van der Waals surface area contributed by atoms with Crippen molar-refractivity contribution < 1.29 is 9.90 Å². The first-order valence-electron chi connectivity index (χ1n) is 6.29. The normalized spacial score (nSPS) is 12.4. The minimum absolute atomic E-state index is 0.178. The van der Waals surface area contributed by atoms with Gasteiger partial charge in [-0.25, -0.2) is 0 Å². The molecule has 0 aliphatic heterocycles. The van der Waals surface area contributed by atoms with E-state index in [-0.39, 0.29) is 12.5 Å². The van der Waals surface area contributed by atoms with Crippen LogP contribution in [0.4, 0.5) is 0 Å². The van der Waals surface area contributed by atoms with Gasteiger partial charge in [0.2, 0.25) is 0 Å². The van der Waals surface area contributed by atoms with Crippen molar-refractivity contribution in [2.24, 2.45) is 0 Å². The molecule has 3 aromatic heterocycles. The summed E-state index contributed by atoms with van der Waals surface area (Å²) in [6.45, 7) is 0.210. The fraction of sp³-hybridized carbons (Fsp3) is 0.133. The molecule has 4 nitrogen and oxygen atoms in total. The number of nitrogens with one attached hydrogen (secondary N) is 1. The topological polar surface area (TPSA) is 53.7 Å². The Balaban J connectivity index is 1.67. The molecule has 5 heteroatoms. The summed E-state index contributed by atoms with van der Waals surface area (Å²) in [4.78, 5) is 12.1. The second-order valence-corrected chi connectivity index (χ2v) is 5.32. The fourth-order valence-corrected chi connectivity index (χ4v) is 2.76. The number of aliphatic hydroxyl groups excluding tert-OH is 1. The van der Waals surface area contributed by atoms with Crippen LogP contribution in [0.3, 0.4) is 0 Å². The van der Waals surface area contributed by atoms with Crippen molar-refractivity contribution in [2.75, 3.05) is 6.54 Å². The van der Waals surface area contributed by atoms with Gasteiger partial charge in [0.15, 0.2) is 0 Å². The highest BCUT2D eigenvalue weighted by atomic mass is 32.1. The molecule has 102 valence electrons. The molecule has 0 unspecified atom stereocenters. The lowest BCUT2D eigenvalue weighted by Gasteiger charge is -2.09. The molecule has 3 rings (SSSR count). The molecular weight excluding hydrogens is 272 g/mol.